The Morgan fingerprint density at radius 3 is 2.47 bits per heavy atom. The van der Waals surface area contributed by atoms with Gasteiger partial charge in [-0.3, -0.25) is 0 Å². The Morgan fingerprint density at radius 1 is 1.13 bits per heavy atom. The first-order chi connectivity index (χ1) is 7.09. The third-order valence-electron chi connectivity index (χ3n) is 2.50. The molecule has 0 aliphatic carbocycles. The van der Waals surface area contributed by atoms with E-state index in [9.17, 15) is 0 Å². The van der Waals surface area contributed by atoms with Gasteiger partial charge in [-0.15, -0.1) is 5.10 Å². The maximum absolute atomic E-state index is 4.06. The zero-order valence-electron chi connectivity index (χ0n) is 9.36. The molecule has 78 valence electrons. The molecule has 0 radical (unpaired) electrons. The van der Waals surface area contributed by atoms with Crippen molar-refractivity contribution in [2.45, 2.75) is 26.2 Å². The van der Waals surface area contributed by atoms with Gasteiger partial charge in [-0.05, 0) is 16.2 Å². The van der Waals surface area contributed by atoms with Crippen LogP contribution in [0.2, 0.25) is 0 Å². The Bertz CT molecular complexity index is 425. The maximum atomic E-state index is 4.06. The molecule has 1 heterocycles. The summed E-state index contributed by atoms with van der Waals surface area (Å²) >= 11 is 0. The lowest BCUT2D eigenvalue weighted by Crippen LogP contribution is -2.17. The first-order valence-electron chi connectivity index (χ1n) is 5.12. The minimum atomic E-state index is 0.127. The second-order valence-electron chi connectivity index (χ2n) is 4.73. The Kier molecular flexibility index (Phi) is 2.39. The SMILES string of the molecule is CC(C)(C)c1ccccc1C1=NN=NC1. The smallest absolute Gasteiger partial charge is 0.107 e. The van der Waals surface area contributed by atoms with Crippen molar-refractivity contribution < 1.29 is 0 Å². The first-order valence-corrected chi connectivity index (χ1v) is 5.12. The molecule has 0 amide bonds. The van der Waals surface area contributed by atoms with Crippen LogP contribution < -0.4 is 0 Å². The van der Waals surface area contributed by atoms with Gasteiger partial charge in [-0.1, -0.05) is 45.0 Å². The highest BCUT2D eigenvalue weighted by Gasteiger charge is 2.20. The Labute approximate surface area is 89.9 Å². The van der Waals surface area contributed by atoms with Crippen LogP contribution in [0.1, 0.15) is 31.9 Å². The van der Waals surface area contributed by atoms with E-state index in [1.165, 1.54) is 11.1 Å². The summed E-state index contributed by atoms with van der Waals surface area (Å²) in [6, 6.07) is 8.34. The van der Waals surface area contributed by atoms with Gasteiger partial charge in [0.25, 0.3) is 0 Å². The van der Waals surface area contributed by atoms with Gasteiger partial charge in [0.05, 0.1) is 5.71 Å². The second-order valence-corrected chi connectivity index (χ2v) is 4.73. The molecule has 0 saturated carbocycles. The van der Waals surface area contributed by atoms with E-state index < -0.39 is 0 Å². The van der Waals surface area contributed by atoms with E-state index in [0.29, 0.717) is 6.54 Å². The zero-order valence-corrected chi connectivity index (χ0v) is 9.36. The average Bonchev–Trinajstić information content (AvgIpc) is 2.69. The van der Waals surface area contributed by atoms with Gasteiger partial charge in [0.15, 0.2) is 0 Å². The standard InChI is InChI=1S/C12H15N3/c1-12(2,3)10-7-5-4-6-9(10)11-8-13-15-14-11/h4-7H,8H2,1-3H3. The molecule has 0 fully saturated rings. The molecule has 2 rings (SSSR count). The van der Waals surface area contributed by atoms with Gasteiger partial charge < -0.3 is 0 Å². The Balaban J connectivity index is 2.47. The summed E-state index contributed by atoms with van der Waals surface area (Å²) in [5, 5.41) is 11.6. The number of benzene rings is 1. The number of hydrogen-bond donors (Lipinski definition) is 0. The van der Waals surface area contributed by atoms with Crippen molar-refractivity contribution in [1.29, 1.82) is 0 Å². The molecule has 0 aromatic heterocycles. The topological polar surface area (TPSA) is 37.1 Å². The molecule has 0 atom stereocenters. The molecule has 1 aromatic rings. The summed E-state index contributed by atoms with van der Waals surface area (Å²) in [6.07, 6.45) is 0. The molecular formula is C12H15N3. The van der Waals surface area contributed by atoms with Gasteiger partial charge in [-0.25, -0.2) is 0 Å². The minimum absolute atomic E-state index is 0.127. The summed E-state index contributed by atoms with van der Waals surface area (Å²) < 4.78 is 0. The molecule has 1 aliphatic heterocycles. The molecule has 3 heteroatoms. The molecule has 0 N–H and O–H groups in total. The van der Waals surface area contributed by atoms with Crippen molar-refractivity contribution in [1.82, 2.24) is 0 Å². The van der Waals surface area contributed by atoms with Crippen LogP contribution in [0.25, 0.3) is 0 Å². The van der Waals surface area contributed by atoms with Gasteiger partial charge in [0, 0.05) is 5.56 Å². The van der Waals surface area contributed by atoms with E-state index in [0.717, 1.165) is 5.71 Å². The van der Waals surface area contributed by atoms with Gasteiger partial charge in [0.2, 0.25) is 0 Å². The monoisotopic (exact) mass is 201 g/mol. The van der Waals surface area contributed by atoms with E-state index in [4.69, 9.17) is 0 Å². The lowest BCUT2D eigenvalue weighted by molar-refractivity contribution is 0.589. The normalized spacial score (nSPS) is 15.5. The molecule has 0 bridgehead atoms. The van der Waals surface area contributed by atoms with E-state index in [2.05, 4.69) is 54.4 Å². The molecule has 0 unspecified atom stereocenters. The van der Waals surface area contributed by atoms with Crippen LogP contribution in [0.4, 0.5) is 0 Å². The van der Waals surface area contributed by atoms with Crippen molar-refractivity contribution in [2.75, 3.05) is 6.54 Å². The Morgan fingerprint density at radius 2 is 1.87 bits per heavy atom. The molecule has 3 nitrogen and oxygen atoms in total. The minimum Gasteiger partial charge on any atom is -0.162 e. The van der Waals surface area contributed by atoms with Crippen LogP contribution >= 0.6 is 0 Å². The molecule has 1 aliphatic rings. The molecular weight excluding hydrogens is 186 g/mol. The summed E-state index contributed by atoms with van der Waals surface area (Å²) in [4.78, 5) is 0. The summed E-state index contributed by atoms with van der Waals surface area (Å²) in [5.41, 5.74) is 3.58. The van der Waals surface area contributed by atoms with Crippen molar-refractivity contribution in [3.05, 3.63) is 35.4 Å². The van der Waals surface area contributed by atoms with Crippen LogP contribution in [-0.2, 0) is 5.41 Å². The van der Waals surface area contributed by atoms with Gasteiger partial charge in [-0.2, -0.15) is 5.11 Å². The average molecular weight is 201 g/mol. The summed E-state index contributed by atoms with van der Waals surface area (Å²) in [5.74, 6) is 0. The first kappa shape index (κ1) is 10.0. The summed E-state index contributed by atoms with van der Waals surface area (Å²) in [6.45, 7) is 7.22. The van der Waals surface area contributed by atoms with Crippen molar-refractivity contribution in [3.8, 4) is 0 Å². The predicted molar refractivity (Wildman–Crippen MR) is 61.4 cm³/mol. The second kappa shape index (κ2) is 3.57. The fraction of sp³-hybridized carbons (Fsp3) is 0.417. The highest BCUT2D eigenvalue weighted by atomic mass is 15.4. The van der Waals surface area contributed by atoms with Crippen LogP contribution in [0.3, 0.4) is 0 Å². The van der Waals surface area contributed by atoms with E-state index in [-0.39, 0.29) is 5.41 Å². The lowest BCUT2D eigenvalue weighted by atomic mass is 9.82. The Hall–Kier alpha value is -1.51. The zero-order chi connectivity index (χ0) is 10.9. The molecule has 0 spiro atoms. The fourth-order valence-corrected chi connectivity index (χ4v) is 1.74. The number of nitrogens with zero attached hydrogens (tertiary/aromatic N) is 3. The van der Waals surface area contributed by atoms with Gasteiger partial charge in [0.1, 0.15) is 6.54 Å². The highest BCUT2D eigenvalue weighted by Crippen LogP contribution is 2.26. The summed E-state index contributed by atoms with van der Waals surface area (Å²) in [7, 11) is 0. The lowest BCUT2D eigenvalue weighted by Gasteiger charge is -2.22. The third kappa shape index (κ3) is 1.96. The molecule has 1 aromatic carbocycles. The van der Waals surface area contributed by atoms with E-state index in [1.807, 2.05) is 6.07 Å². The fourth-order valence-electron chi connectivity index (χ4n) is 1.74. The maximum Gasteiger partial charge on any atom is 0.107 e. The molecule has 15 heavy (non-hydrogen) atoms. The van der Waals surface area contributed by atoms with Crippen LogP contribution in [0, 0.1) is 0 Å². The van der Waals surface area contributed by atoms with Crippen molar-refractivity contribution >= 4 is 5.71 Å². The molecule has 0 saturated heterocycles. The number of hydrogen-bond acceptors (Lipinski definition) is 3. The van der Waals surface area contributed by atoms with Crippen molar-refractivity contribution in [3.63, 3.8) is 0 Å². The van der Waals surface area contributed by atoms with E-state index >= 15 is 0 Å². The number of rotatable bonds is 1. The van der Waals surface area contributed by atoms with Crippen molar-refractivity contribution in [2.24, 2.45) is 15.4 Å². The third-order valence-corrected chi connectivity index (χ3v) is 2.50. The van der Waals surface area contributed by atoms with Crippen LogP contribution in [0.5, 0.6) is 0 Å². The quantitative estimate of drug-likeness (QED) is 0.669. The highest BCUT2D eigenvalue weighted by molar-refractivity contribution is 6.04. The predicted octanol–water partition coefficient (Wildman–Crippen LogP) is 3.15. The van der Waals surface area contributed by atoms with Gasteiger partial charge >= 0.3 is 0 Å². The van der Waals surface area contributed by atoms with Crippen LogP contribution in [-0.4, -0.2) is 12.3 Å². The van der Waals surface area contributed by atoms with Crippen LogP contribution in [0.15, 0.2) is 39.7 Å². The van der Waals surface area contributed by atoms with E-state index in [1.54, 1.807) is 0 Å². The largest absolute Gasteiger partial charge is 0.162 e.